The second kappa shape index (κ2) is 5.88. The van der Waals surface area contributed by atoms with E-state index in [1.54, 1.807) is 6.20 Å². The summed E-state index contributed by atoms with van der Waals surface area (Å²) in [5.41, 5.74) is 7.10. The predicted octanol–water partition coefficient (Wildman–Crippen LogP) is 1.01. The lowest BCUT2D eigenvalue weighted by Gasteiger charge is -2.22. The van der Waals surface area contributed by atoms with Crippen molar-refractivity contribution in [2.45, 2.75) is 25.8 Å². The Labute approximate surface area is 107 Å². The van der Waals surface area contributed by atoms with Gasteiger partial charge in [0, 0.05) is 19.3 Å². The van der Waals surface area contributed by atoms with Gasteiger partial charge in [-0.15, -0.1) is 0 Å². The molecule has 0 saturated carbocycles. The van der Waals surface area contributed by atoms with Crippen LogP contribution in [-0.2, 0) is 0 Å². The molecule has 1 aromatic heterocycles. The number of aromatic nitrogens is 2. The molecule has 2 heterocycles. The average Bonchev–Trinajstić information content (AvgIpc) is 2.90. The van der Waals surface area contributed by atoms with E-state index < -0.39 is 0 Å². The lowest BCUT2D eigenvalue weighted by atomic mass is 10.2. The highest BCUT2D eigenvalue weighted by Crippen LogP contribution is 2.08. The van der Waals surface area contributed by atoms with Gasteiger partial charge in [-0.3, -0.25) is 5.43 Å². The predicted molar refractivity (Wildman–Crippen MR) is 70.1 cm³/mol. The van der Waals surface area contributed by atoms with Gasteiger partial charge in [0.1, 0.15) is 0 Å². The number of hydrogen-bond acceptors (Lipinski definition) is 4. The monoisotopic (exact) mass is 251 g/mol. The summed E-state index contributed by atoms with van der Waals surface area (Å²) in [6.45, 7) is 4.11. The molecule has 17 heavy (non-hydrogen) atoms. The van der Waals surface area contributed by atoms with Crippen molar-refractivity contribution in [3.05, 3.63) is 24.0 Å². The Morgan fingerprint density at radius 3 is 2.88 bits per heavy atom. The minimum atomic E-state index is 0.0734. The smallest absolute Gasteiger partial charge is 0.183 e. The highest BCUT2D eigenvalue weighted by atomic mass is 32.1. The van der Waals surface area contributed by atoms with Crippen LogP contribution in [0.4, 0.5) is 0 Å². The first kappa shape index (κ1) is 12.2. The van der Waals surface area contributed by atoms with E-state index in [0.29, 0.717) is 0 Å². The normalized spacial score (nSPS) is 16.9. The molecular formula is C11H17N5S. The third-order valence-corrected chi connectivity index (χ3v) is 3.19. The summed E-state index contributed by atoms with van der Waals surface area (Å²) < 4.78 is 0. The van der Waals surface area contributed by atoms with Gasteiger partial charge < -0.3 is 4.90 Å². The van der Waals surface area contributed by atoms with Crippen LogP contribution in [0.3, 0.4) is 0 Å². The highest BCUT2D eigenvalue weighted by Gasteiger charge is 2.15. The van der Waals surface area contributed by atoms with Gasteiger partial charge in [0.15, 0.2) is 5.11 Å². The number of nitrogens with one attached hydrogen (secondary N) is 2. The van der Waals surface area contributed by atoms with Crippen LogP contribution in [0.25, 0.3) is 0 Å². The molecule has 0 aliphatic carbocycles. The van der Waals surface area contributed by atoms with Crippen LogP contribution in [0.5, 0.6) is 0 Å². The molecule has 1 aliphatic heterocycles. The molecule has 0 aromatic carbocycles. The maximum Gasteiger partial charge on any atom is 0.183 e. The molecule has 0 spiro atoms. The summed E-state index contributed by atoms with van der Waals surface area (Å²) in [5, 5.41) is 8.66. The van der Waals surface area contributed by atoms with E-state index in [1.807, 2.05) is 19.1 Å². The van der Waals surface area contributed by atoms with E-state index in [0.717, 1.165) is 23.9 Å². The minimum Gasteiger partial charge on any atom is -0.348 e. The maximum atomic E-state index is 5.30. The number of hydrazine groups is 1. The van der Waals surface area contributed by atoms with Gasteiger partial charge in [-0.2, -0.15) is 10.2 Å². The van der Waals surface area contributed by atoms with E-state index in [9.17, 15) is 0 Å². The molecule has 6 heteroatoms. The van der Waals surface area contributed by atoms with Crippen LogP contribution >= 0.6 is 12.2 Å². The summed E-state index contributed by atoms with van der Waals surface area (Å²) in [6.07, 6.45) is 4.11. The zero-order valence-corrected chi connectivity index (χ0v) is 10.7. The topological polar surface area (TPSA) is 53.1 Å². The average molecular weight is 251 g/mol. The van der Waals surface area contributed by atoms with Gasteiger partial charge in [0.05, 0.1) is 11.7 Å². The van der Waals surface area contributed by atoms with Gasteiger partial charge in [0.25, 0.3) is 0 Å². The van der Waals surface area contributed by atoms with Gasteiger partial charge in [-0.1, -0.05) is 0 Å². The third kappa shape index (κ3) is 3.34. The van der Waals surface area contributed by atoms with E-state index in [4.69, 9.17) is 12.2 Å². The SMILES string of the molecule is CC(NNC(=S)N1CCCC1)c1cccnn1. The number of hydrogen-bond donors (Lipinski definition) is 2. The van der Waals surface area contributed by atoms with E-state index in [1.165, 1.54) is 12.8 Å². The molecule has 2 rings (SSSR count). The Bertz CT molecular complexity index is 363. The first-order valence-corrected chi connectivity index (χ1v) is 6.26. The Kier molecular flexibility index (Phi) is 4.22. The van der Waals surface area contributed by atoms with Gasteiger partial charge in [0.2, 0.25) is 0 Å². The Balaban J connectivity index is 1.80. The molecular weight excluding hydrogens is 234 g/mol. The second-order valence-corrected chi connectivity index (χ2v) is 4.53. The molecule has 0 radical (unpaired) electrons. The standard InChI is InChI=1S/C11H17N5S/c1-9(10-5-4-6-12-14-10)13-15-11(17)16-7-2-3-8-16/h4-6,9,13H,2-3,7-8H2,1H3,(H,15,17). The molecule has 92 valence electrons. The summed E-state index contributed by atoms with van der Waals surface area (Å²) in [7, 11) is 0. The fraction of sp³-hybridized carbons (Fsp3) is 0.545. The minimum absolute atomic E-state index is 0.0734. The van der Waals surface area contributed by atoms with Gasteiger partial charge >= 0.3 is 0 Å². The molecule has 5 nitrogen and oxygen atoms in total. The van der Waals surface area contributed by atoms with Crippen LogP contribution in [-0.4, -0.2) is 33.3 Å². The summed E-state index contributed by atoms with van der Waals surface area (Å²) >= 11 is 5.30. The van der Waals surface area contributed by atoms with Crippen molar-refractivity contribution in [1.82, 2.24) is 25.9 Å². The molecule has 0 amide bonds. The lowest BCUT2D eigenvalue weighted by Crippen LogP contribution is -2.46. The maximum absolute atomic E-state index is 5.30. The van der Waals surface area contributed by atoms with Crippen LogP contribution < -0.4 is 10.9 Å². The first-order chi connectivity index (χ1) is 8.27. The molecule has 1 unspecified atom stereocenters. The first-order valence-electron chi connectivity index (χ1n) is 5.85. The van der Waals surface area contributed by atoms with Gasteiger partial charge in [-0.05, 0) is 44.1 Å². The summed E-state index contributed by atoms with van der Waals surface area (Å²) in [4.78, 5) is 2.17. The number of likely N-dealkylation sites (tertiary alicyclic amines) is 1. The summed E-state index contributed by atoms with van der Waals surface area (Å²) in [5.74, 6) is 0. The van der Waals surface area contributed by atoms with Crippen LogP contribution in [0, 0.1) is 0 Å². The molecule has 2 N–H and O–H groups in total. The quantitative estimate of drug-likeness (QED) is 0.618. The van der Waals surface area contributed by atoms with Gasteiger partial charge in [-0.25, -0.2) is 5.43 Å². The molecule has 1 fully saturated rings. The summed E-state index contributed by atoms with van der Waals surface area (Å²) in [6, 6.07) is 3.88. The van der Waals surface area contributed by atoms with E-state index in [-0.39, 0.29) is 6.04 Å². The van der Waals surface area contributed by atoms with Crippen molar-refractivity contribution < 1.29 is 0 Å². The fourth-order valence-electron chi connectivity index (χ4n) is 1.79. The van der Waals surface area contributed by atoms with E-state index >= 15 is 0 Å². The van der Waals surface area contributed by atoms with Crippen molar-refractivity contribution in [3.8, 4) is 0 Å². The molecule has 1 aliphatic rings. The Hall–Kier alpha value is -1.27. The zero-order chi connectivity index (χ0) is 12.1. The Morgan fingerprint density at radius 2 is 2.24 bits per heavy atom. The molecule has 1 saturated heterocycles. The van der Waals surface area contributed by atoms with Crippen molar-refractivity contribution >= 4 is 17.3 Å². The number of thiocarbonyl (C=S) groups is 1. The lowest BCUT2D eigenvalue weighted by molar-refractivity contribution is 0.459. The highest BCUT2D eigenvalue weighted by molar-refractivity contribution is 7.80. The molecule has 1 aromatic rings. The number of rotatable bonds is 3. The van der Waals surface area contributed by atoms with Crippen molar-refractivity contribution in [2.75, 3.05) is 13.1 Å². The fourth-order valence-corrected chi connectivity index (χ4v) is 2.03. The third-order valence-electron chi connectivity index (χ3n) is 2.83. The van der Waals surface area contributed by atoms with E-state index in [2.05, 4.69) is 25.9 Å². The van der Waals surface area contributed by atoms with Crippen LogP contribution in [0.15, 0.2) is 18.3 Å². The largest absolute Gasteiger partial charge is 0.348 e. The van der Waals surface area contributed by atoms with Crippen LogP contribution in [0.2, 0.25) is 0 Å². The van der Waals surface area contributed by atoms with Crippen LogP contribution in [0.1, 0.15) is 31.5 Å². The van der Waals surface area contributed by atoms with Crippen molar-refractivity contribution in [1.29, 1.82) is 0 Å². The Morgan fingerprint density at radius 1 is 1.47 bits per heavy atom. The second-order valence-electron chi connectivity index (χ2n) is 4.14. The van der Waals surface area contributed by atoms with Crippen molar-refractivity contribution in [3.63, 3.8) is 0 Å². The zero-order valence-electron chi connectivity index (χ0n) is 9.89. The molecule has 0 bridgehead atoms. The molecule has 1 atom stereocenters. The number of nitrogens with zero attached hydrogens (tertiary/aromatic N) is 3. The van der Waals surface area contributed by atoms with Crippen molar-refractivity contribution in [2.24, 2.45) is 0 Å².